The summed E-state index contributed by atoms with van der Waals surface area (Å²) in [6, 6.07) is -0.0880. The lowest BCUT2D eigenvalue weighted by Gasteiger charge is -2.10. The van der Waals surface area contributed by atoms with Crippen molar-refractivity contribution >= 4 is 11.9 Å². The van der Waals surface area contributed by atoms with Crippen LogP contribution >= 0.6 is 0 Å². The smallest absolute Gasteiger partial charge is 0.311 e. The molecule has 1 heterocycles. The second-order valence-electron chi connectivity index (χ2n) is 2.69. The third-order valence-electron chi connectivity index (χ3n) is 1.90. The molecule has 1 rings (SSSR count). The predicted octanol–water partition coefficient (Wildman–Crippen LogP) is -0.316. The van der Waals surface area contributed by atoms with Gasteiger partial charge in [0, 0.05) is 12.5 Å². The van der Waals surface area contributed by atoms with E-state index in [1.54, 1.807) is 6.92 Å². The Hall–Kier alpha value is -1.06. The molecule has 1 amide bonds. The maximum absolute atomic E-state index is 11.0. The van der Waals surface area contributed by atoms with E-state index in [4.69, 9.17) is 0 Å². The number of esters is 1. The lowest BCUT2D eigenvalue weighted by molar-refractivity contribution is -0.146. The summed E-state index contributed by atoms with van der Waals surface area (Å²) in [5, 5.41) is 2.64. The van der Waals surface area contributed by atoms with Crippen LogP contribution in [0.3, 0.4) is 0 Å². The first kappa shape index (κ1) is 8.04. The third-order valence-corrected chi connectivity index (χ3v) is 1.90. The van der Waals surface area contributed by atoms with Crippen LogP contribution in [0.2, 0.25) is 0 Å². The summed E-state index contributed by atoms with van der Waals surface area (Å²) in [6.07, 6.45) is 0.258. The number of carbonyl (C=O) groups is 2. The maximum atomic E-state index is 11.0. The molecule has 0 aromatic carbocycles. The molecule has 2 atom stereocenters. The molecule has 1 unspecified atom stereocenters. The van der Waals surface area contributed by atoms with Crippen molar-refractivity contribution in [2.75, 3.05) is 7.11 Å². The zero-order chi connectivity index (χ0) is 8.43. The van der Waals surface area contributed by atoms with Crippen molar-refractivity contribution < 1.29 is 14.3 Å². The molecule has 1 fully saturated rings. The number of methoxy groups -OCH3 is 1. The van der Waals surface area contributed by atoms with E-state index in [1.807, 2.05) is 0 Å². The zero-order valence-electron chi connectivity index (χ0n) is 6.59. The molecule has 0 bridgehead atoms. The van der Waals surface area contributed by atoms with Crippen LogP contribution in [-0.2, 0) is 14.3 Å². The van der Waals surface area contributed by atoms with Crippen LogP contribution in [0.25, 0.3) is 0 Å². The highest BCUT2D eigenvalue weighted by atomic mass is 16.5. The molecule has 0 saturated carbocycles. The van der Waals surface area contributed by atoms with Crippen molar-refractivity contribution in [3.8, 4) is 0 Å². The number of carbonyl (C=O) groups excluding carboxylic acids is 2. The Morgan fingerprint density at radius 3 is 2.73 bits per heavy atom. The van der Waals surface area contributed by atoms with Crippen molar-refractivity contribution in [1.82, 2.24) is 5.32 Å². The second kappa shape index (κ2) is 2.90. The van der Waals surface area contributed by atoms with Crippen LogP contribution in [0.1, 0.15) is 13.3 Å². The number of nitrogens with one attached hydrogen (secondary N) is 1. The molecule has 0 spiro atoms. The Morgan fingerprint density at radius 2 is 2.36 bits per heavy atom. The standard InChI is InChI=1S/C7H11NO3/c1-4-5(7(10)11-2)3-6(9)8-4/h4-5H,3H2,1-2H3,(H,8,9)/t4-,5?/m0/s1. The Balaban J connectivity index is 2.59. The minimum absolute atomic E-state index is 0.0760. The second-order valence-corrected chi connectivity index (χ2v) is 2.69. The molecule has 0 aromatic rings. The van der Waals surface area contributed by atoms with Crippen LogP contribution in [-0.4, -0.2) is 25.0 Å². The van der Waals surface area contributed by atoms with Crippen molar-refractivity contribution in [3.63, 3.8) is 0 Å². The topological polar surface area (TPSA) is 55.4 Å². The number of amides is 1. The summed E-state index contributed by atoms with van der Waals surface area (Å²) in [4.78, 5) is 21.7. The quantitative estimate of drug-likeness (QED) is 0.531. The molecule has 62 valence electrons. The van der Waals surface area contributed by atoms with Gasteiger partial charge in [0.25, 0.3) is 0 Å². The molecule has 11 heavy (non-hydrogen) atoms. The van der Waals surface area contributed by atoms with Gasteiger partial charge < -0.3 is 10.1 Å². The molecular formula is C7H11NO3. The van der Waals surface area contributed by atoms with E-state index in [2.05, 4.69) is 10.1 Å². The highest BCUT2D eigenvalue weighted by molar-refractivity contribution is 5.87. The average Bonchev–Trinajstić information content (AvgIpc) is 2.28. The number of rotatable bonds is 1. The average molecular weight is 157 g/mol. The Morgan fingerprint density at radius 1 is 1.73 bits per heavy atom. The van der Waals surface area contributed by atoms with Crippen LogP contribution in [0.4, 0.5) is 0 Å². The fraction of sp³-hybridized carbons (Fsp3) is 0.714. The molecule has 4 heteroatoms. The lowest BCUT2D eigenvalue weighted by atomic mass is 10.0. The zero-order valence-corrected chi connectivity index (χ0v) is 6.59. The van der Waals surface area contributed by atoms with Gasteiger partial charge in [0.1, 0.15) is 0 Å². The van der Waals surface area contributed by atoms with Crippen LogP contribution in [0.15, 0.2) is 0 Å². The van der Waals surface area contributed by atoms with Gasteiger partial charge in [0.15, 0.2) is 0 Å². The summed E-state index contributed by atoms with van der Waals surface area (Å²) >= 11 is 0. The predicted molar refractivity (Wildman–Crippen MR) is 37.7 cm³/mol. The molecular weight excluding hydrogens is 146 g/mol. The third kappa shape index (κ3) is 1.50. The van der Waals surface area contributed by atoms with Gasteiger partial charge in [-0.15, -0.1) is 0 Å². The normalized spacial score (nSPS) is 29.8. The van der Waals surface area contributed by atoms with Crippen molar-refractivity contribution in [1.29, 1.82) is 0 Å². The minimum atomic E-state index is -0.309. The van der Waals surface area contributed by atoms with Gasteiger partial charge in [-0.2, -0.15) is 0 Å². The molecule has 0 aliphatic carbocycles. The lowest BCUT2D eigenvalue weighted by Crippen LogP contribution is -2.29. The summed E-state index contributed by atoms with van der Waals surface area (Å²) < 4.78 is 4.52. The summed E-state index contributed by atoms with van der Waals surface area (Å²) in [5.74, 6) is -0.684. The number of hydrogen-bond acceptors (Lipinski definition) is 3. The van der Waals surface area contributed by atoms with E-state index in [-0.39, 0.29) is 30.3 Å². The van der Waals surface area contributed by atoms with Gasteiger partial charge in [-0.1, -0.05) is 0 Å². The van der Waals surface area contributed by atoms with E-state index in [0.717, 1.165) is 0 Å². The van der Waals surface area contributed by atoms with E-state index in [9.17, 15) is 9.59 Å². The first-order valence-electron chi connectivity index (χ1n) is 3.52. The van der Waals surface area contributed by atoms with Crippen LogP contribution < -0.4 is 5.32 Å². The fourth-order valence-corrected chi connectivity index (χ4v) is 1.23. The number of hydrogen-bond donors (Lipinski definition) is 1. The molecule has 0 radical (unpaired) electrons. The number of ether oxygens (including phenoxy) is 1. The molecule has 1 aliphatic heterocycles. The van der Waals surface area contributed by atoms with Crippen molar-refractivity contribution in [3.05, 3.63) is 0 Å². The molecule has 0 aromatic heterocycles. The molecule has 4 nitrogen and oxygen atoms in total. The Kier molecular flexibility index (Phi) is 2.12. The van der Waals surface area contributed by atoms with E-state index < -0.39 is 0 Å². The first-order valence-corrected chi connectivity index (χ1v) is 3.52. The first-order chi connectivity index (χ1) is 5.15. The summed E-state index contributed by atoms with van der Waals surface area (Å²) in [5.41, 5.74) is 0. The molecule has 1 saturated heterocycles. The van der Waals surface area contributed by atoms with Gasteiger partial charge in [0.05, 0.1) is 13.0 Å². The van der Waals surface area contributed by atoms with Gasteiger partial charge >= 0.3 is 5.97 Å². The highest BCUT2D eigenvalue weighted by Crippen LogP contribution is 2.16. The SMILES string of the molecule is COC(=O)C1CC(=O)N[C@H]1C. The molecule has 1 N–H and O–H groups in total. The van der Waals surface area contributed by atoms with Gasteiger partial charge in [-0.05, 0) is 6.92 Å². The van der Waals surface area contributed by atoms with Gasteiger partial charge in [0.2, 0.25) is 5.91 Å². The van der Waals surface area contributed by atoms with Crippen LogP contribution in [0, 0.1) is 5.92 Å². The fourth-order valence-electron chi connectivity index (χ4n) is 1.23. The summed E-state index contributed by atoms with van der Waals surface area (Å²) in [6.45, 7) is 1.80. The van der Waals surface area contributed by atoms with Crippen LogP contribution in [0.5, 0.6) is 0 Å². The maximum Gasteiger partial charge on any atom is 0.311 e. The molecule has 1 aliphatic rings. The van der Waals surface area contributed by atoms with Crippen molar-refractivity contribution in [2.24, 2.45) is 5.92 Å². The van der Waals surface area contributed by atoms with E-state index >= 15 is 0 Å². The van der Waals surface area contributed by atoms with Gasteiger partial charge in [-0.25, -0.2) is 0 Å². The summed E-state index contributed by atoms with van der Waals surface area (Å²) in [7, 11) is 1.33. The van der Waals surface area contributed by atoms with E-state index in [0.29, 0.717) is 0 Å². The largest absolute Gasteiger partial charge is 0.469 e. The highest BCUT2D eigenvalue weighted by Gasteiger charge is 2.35. The van der Waals surface area contributed by atoms with Crippen molar-refractivity contribution in [2.45, 2.75) is 19.4 Å². The monoisotopic (exact) mass is 157 g/mol. The Bertz CT molecular complexity index is 190. The van der Waals surface area contributed by atoms with E-state index in [1.165, 1.54) is 7.11 Å². The minimum Gasteiger partial charge on any atom is -0.469 e. The Labute approximate surface area is 64.9 Å². The van der Waals surface area contributed by atoms with Gasteiger partial charge in [-0.3, -0.25) is 9.59 Å².